The lowest BCUT2D eigenvalue weighted by atomic mass is 10.1. The van der Waals surface area contributed by atoms with Crippen LogP contribution in [0.3, 0.4) is 0 Å². The lowest BCUT2D eigenvalue weighted by Gasteiger charge is -2.20. The Hall–Kier alpha value is -1.32. The third-order valence-electron chi connectivity index (χ3n) is 5.34. The SMILES string of the molecule is CCNC(=NCc1c(CC)nn(C)c1CC)NCCCN1CCCCCC1=O.I. The Morgan fingerprint density at radius 2 is 1.93 bits per heavy atom. The van der Waals surface area contributed by atoms with Gasteiger partial charge in [-0.2, -0.15) is 5.10 Å². The third kappa shape index (κ3) is 7.79. The molecule has 1 saturated heterocycles. The van der Waals surface area contributed by atoms with Gasteiger partial charge in [0.15, 0.2) is 5.96 Å². The lowest BCUT2D eigenvalue weighted by Crippen LogP contribution is -2.39. The summed E-state index contributed by atoms with van der Waals surface area (Å²) in [6, 6.07) is 0. The van der Waals surface area contributed by atoms with Crippen LogP contribution in [0.1, 0.15) is 69.8 Å². The molecule has 0 radical (unpaired) electrons. The van der Waals surface area contributed by atoms with E-state index in [1.807, 2.05) is 16.6 Å². The van der Waals surface area contributed by atoms with Crippen molar-refractivity contribution < 1.29 is 4.79 Å². The summed E-state index contributed by atoms with van der Waals surface area (Å²) in [5.74, 6) is 1.14. The third-order valence-corrected chi connectivity index (χ3v) is 5.34. The Bertz CT molecular complexity index is 658. The number of carbonyl (C=O) groups is 1. The number of guanidine groups is 1. The molecule has 7 nitrogen and oxygen atoms in total. The number of aliphatic imine (C=N–C) groups is 1. The van der Waals surface area contributed by atoms with E-state index in [4.69, 9.17) is 4.99 Å². The molecule has 1 aliphatic rings. The van der Waals surface area contributed by atoms with Crippen molar-refractivity contribution in [3.63, 3.8) is 0 Å². The van der Waals surface area contributed by atoms with E-state index >= 15 is 0 Å². The molecule has 1 aromatic heterocycles. The quantitative estimate of drug-likeness (QED) is 0.228. The molecule has 0 aromatic carbocycles. The molecule has 1 fully saturated rings. The Labute approximate surface area is 193 Å². The highest BCUT2D eigenvalue weighted by Gasteiger charge is 2.16. The lowest BCUT2D eigenvalue weighted by molar-refractivity contribution is -0.130. The summed E-state index contributed by atoms with van der Waals surface area (Å²) in [5, 5.41) is 11.4. The number of amides is 1. The fraction of sp³-hybridized carbons (Fsp3) is 0.762. The Kier molecular flexibility index (Phi) is 12.3. The van der Waals surface area contributed by atoms with Crippen LogP contribution in [0.2, 0.25) is 0 Å². The minimum atomic E-state index is 0. The van der Waals surface area contributed by atoms with Crippen molar-refractivity contribution in [1.82, 2.24) is 25.3 Å². The van der Waals surface area contributed by atoms with Crippen molar-refractivity contribution >= 4 is 35.8 Å². The number of aromatic nitrogens is 2. The topological polar surface area (TPSA) is 74.6 Å². The van der Waals surface area contributed by atoms with E-state index in [1.165, 1.54) is 17.7 Å². The van der Waals surface area contributed by atoms with Gasteiger partial charge in [-0.05, 0) is 39.0 Å². The summed E-state index contributed by atoms with van der Waals surface area (Å²) in [6.07, 6.45) is 6.87. The predicted molar refractivity (Wildman–Crippen MR) is 130 cm³/mol. The summed E-state index contributed by atoms with van der Waals surface area (Å²) in [7, 11) is 2.01. The zero-order chi connectivity index (χ0) is 20.4. The van der Waals surface area contributed by atoms with Crippen LogP contribution in [0.15, 0.2) is 4.99 Å². The van der Waals surface area contributed by atoms with Gasteiger partial charge >= 0.3 is 0 Å². The Morgan fingerprint density at radius 1 is 1.14 bits per heavy atom. The first-order chi connectivity index (χ1) is 13.6. The molecule has 0 aliphatic carbocycles. The molecule has 0 saturated carbocycles. The average Bonchev–Trinajstić information content (AvgIpc) is 2.85. The number of aryl methyl sites for hydroxylation is 2. The molecule has 1 aromatic rings. The number of nitrogens with one attached hydrogen (secondary N) is 2. The van der Waals surface area contributed by atoms with Crippen molar-refractivity contribution in [3.05, 3.63) is 17.0 Å². The minimum absolute atomic E-state index is 0. The van der Waals surface area contributed by atoms with Gasteiger partial charge in [0.05, 0.1) is 12.2 Å². The maximum absolute atomic E-state index is 12.1. The second-order valence-corrected chi connectivity index (χ2v) is 7.37. The van der Waals surface area contributed by atoms with Crippen molar-refractivity contribution in [2.24, 2.45) is 12.0 Å². The van der Waals surface area contributed by atoms with E-state index in [-0.39, 0.29) is 24.0 Å². The maximum Gasteiger partial charge on any atom is 0.222 e. The van der Waals surface area contributed by atoms with Gasteiger partial charge in [-0.1, -0.05) is 20.3 Å². The molecule has 0 unspecified atom stereocenters. The van der Waals surface area contributed by atoms with Crippen molar-refractivity contribution in [2.45, 2.75) is 72.3 Å². The number of nitrogens with zero attached hydrogens (tertiary/aromatic N) is 4. The molecule has 8 heteroatoms. The molecule has 1 aliphatic heterocycles. The molecule has 0 bridgehead atoms. The molecule has 2 rings (SSSR count). The normalized spacial score (nSPS) is 15.1. The monoisotopic (exact) mass is 518 g/mol. The first-order valence-electron chi connectivity index (χ1n) is 10.9. The summed E-state index contributed by atoms with van der Waals surface area (Å²) < 4.78 is 1.99. The standard InChI is InChI=1S/C21H38N6O.HI/c1-5-18-17(19(6-2)26(4)25-18)16-24-21(22-7-3)23-13-11-15-27-14-10-8-9-12-20(27)28;/h5-16H2,1-4H3,(H2,22,23,24);1H. The largest absolute Gasteiger partial charge is 0.357 e. The molecule has 29 heavy (non-hydrogen) atoms. The van der Waals surface area contributed by atoms with Gasteiger partial charge in [-0.25, -0.2) is 4.99 Å². The fourth-order valence-corrected chi connectivity index (χ4v) is 3.82. The van der Waals surface area contributed by atoms with E-state index < -0.39 is 0 Å². The van der Waals surface area contributed by atoms with Gasteiger partial charge in [0, 0.05) is 50.9 Å². The van der Waals surface area contributed by atoms with Crippen LogP contribution >= 0.6 is 24.0 Å². The van der Waals surface area contributed by atoms with Crippen LogP contribution in [0.4, 0.5) is 0 Å². The summed E-state index contributed by atoms with van der Waals surface area (Å²) in [5.41, 5.74) is 3.65. The smallest absolute Gasteiger partial charge is 0.222 e. The molecule has 166 valence electrons. The number of halogens is 1. The Balaban J connectivity index is 0.00000420. The zero-order valence-corrected chi connectivity index (χ0v) is 20.9. The Morgan fingerprint density at radius 3 is 2.62 bits per heavy atom. The van der Waals surface area contributed by atoms with Crippen LogP contribution in [-0.2, 0) is 31.2 Å². The number of hydrogen-bond acceptors (Lipinski definition) is 3. The van der Waals surface area contributed by atoms with Crippen LogP contribution in [0, 0.1) is 0 Å². The summed E-state index contributed by atoms with van der Waals surface area (Å²) >= 11 is 0. The second-order valence-electron chi connectivity index (χ2n) is 7.37. The van der Waals surface area contributed by atoms with Gasteiger partial charge in [-0.3, -0.25) is 9.48 Å². The molecule has 2 heterocycles. The van der Waals surface area contributed by atoms with Crippen molar-refractivity contribution in [2.75, 3.05) is 26.2 Å². The number of likely N-dealkylation sites (tertiary alicyclic amines) is 1. The van der Waals surface area contributed by atoms with Gasteiger partial charge in [0.25, 0.3) is 0 Å². The number of carbonyl (C=O) groups excluding carboxylic acids is 1. The minimum Gasteiger partial charge on any atom is -0.357 e. The van der Waals surface area contributed by atoms with Crippen molar-refractivity contribution in [3.8, 4) is 0 Å². The van der Waals surface area contributed by atoms with E-state index in [0.29, 0.717) is 18.9 Å². The second kappa shape index (κ2) is 13.8. The highest BCUT2D eigenvalue weighted by Crippen LogP contribution is 2.16. The van der Waals surface area contributed by atoms with Gasteiger partial charge in [-0.15, -0.1) is 24.0 Å². The maximum atomic E-state index is 12.1. The fourth-order valence-electron chi connectivity index (χ4n) is 3.82. The highest BCUT2D eigenvalue weighted by atomic mass is 127. The predicted octanol–water partition coefficient (Wildman–Crippen LogP) is 3.01. The van der Waals surface area contributed by atoms with E-state index in [9.17, 15) is 4.79 Å². The molecule has 2 N–H and O–H groups in total. The summed E-state index contributed by atoms with van der Waals surface area (Å²) in [6.45, 7) is 10.4. The van der Waals surface area contributed by atoms with Gasteiger partial charge in [0.2, 0.25) is 5.91 Å². The van der Waals surface area contributed by atoms with Crippen LogP contribution < -0.4 is 10.6 Å². The molecule has 1 amide bonds. The van der Waals surface area contributed by atoms with Gasteiger partial charge < -0.3 is 15.5 Å². The summed E-state index contributed by atoms with van der Waals surface area (Å²) in [4.78, 5) is 18.9. The van der Waals surface area contributed by atoms with Crippen LogP contribution in [-0.4, -0.2) is 52.7 Å². The molecule has 0 spiro atoms. The number of hydrogen-bond donors (Lipinski definition) is 2. The average molecular weight is 518 g/mol. The molecular weight excluding hydrogens is 479 g/mol. The molecular formula is C21H39IN6O. The van der Waals surface area contributed by atoms with E-state index in [1.54, 1.807) is 0 Å². The molecule has 0 atom stereocenters. The van der Waals surface area contributed by atoms with E-state index in [2.05, 4.69) is 36.5 Å². The van der Waals surface area contributed by atoms with Crippen LogP contribution in [0.25, 0.3) is 0 Å². The van der Waals surface area contributed by atoms with Crippen LogP contribution in [0.5, 0.6) is 0 Å². The first-order valence-corrected chi connectivity index (χ1v) is 10.9. The van der Waals surface area contributed by atoms with Gasteiger partial charge in [0.1, 0.15) is 0 Å². The highest BCUT2D eigenvalue weighted by molar-refractivity contribution is 14.0. The number of rotatable bonds is 9. The first kappa shape index (κ1) is 25.7. The van der Waals surface area contributed by atoms with Crippen molar-refractivity contribution in [1.29, 1.82) is 0 Å². The zero-order valence-electron chi connectivity index (χ0n) is 18.6. The van der Waals surface area contributed by atoms with E-state index in [0.717, 1.165) is 69.9 Å².